The van der Waals surface area contributed by atoms with Crippen LogP contribution in [0.5, 0.6) is 11.5 Å². The van der Waals surface area contributed by atoms with Crippen molar-refractivity contribution >= 4 is 17.6 Å². The molecule has 0 saturated heterocycles. The van der Waals surface area contributed by atoms with Crippen molar-refractivity contribution < 1.29 is 14.3 Å². The van der Waals surface area contributed by atoms with E-state index < -0.39 is 0 Å². The van der Waals surface area contributed by atoms with E-state index in [2.05, 4.69) is 11.3 Å². The van der Waals surface area contributed by atoms with Crippen molar-refractivity contribution in [2.45, 2.75) is 20.5 Å². The van der Waals surface area contributed by atoms with E-state index in [1.807, 2.05) is 68.4 Å². The summed E-state index contributed by atoms with van der Waals surface area (Å²) in [6.07, 6.45) is 0. The van der Waals surface area contributed by atoms with Gasteiger partial charge in [-0.15, -0.1) is 0 Å². The molecule has 0 radical (unpaired) electrons. The van der Waals surface area contributed by atoms with Gasteiger partial charge in [0.2, 0.25) is 0 Å². The van der Waals surface area contributed by atoms with Crippen molar-refractivity contribution in [3.8, 4) is 22.8 Å². The molecule has 3 rings (SSSR count). The fourth-order valence-electron chi connectivity index (χ4n) is 2.97. The molecule has 1 saturated carbocycles. The lowest BCUT2D eigenvalue weighted by Crippen LogP contribution is -2.10. The second-order valence-electron chi connectivity index (χ2n) is 6.69. The maximum absolute atomic E-state index is 12.3. The summed E-state index contributed by atoms with van der Waals surface area (Å²) in [6, 6.07) is 17.1. The number of hydrogen-bond donors (Lipinski definition) is 0. The van der Waals surface area contributed by atoms with Crippen molar-refractivity contribution in [1.29, 1.82) is 0 Å². The minimum atomic E-state index is -0.233. The minimum Gasteiger partial charge on any atom is -0.461 e. The number of ether oxygens (including phenoxy) is 2. The molecule has 0 spiro atoms. The third kappa shape index (κ3) is 3.97. The topological polar surface area (TPSA) is 35.5 Å². The Morgan fingerprint density at radius 1 is 1.12 bits per heavy atom. The van der Waals surface area contributed by atoms with Crippen LogP contribution in [0.4, 0.5) is 0 Å². The molecule has 0 bridgehead atoms. The van der Waals surface area contributed by atoms with E-state index in [1.54, 1.807) is 0 Å². The van der Waals surface area contributed by atoms with Crippen LogP contribution >= 0.6 is 11.6 Å². The molecule has 0 amide bonds. The van der Waals surface area contributed by atoms with Crippen LogP contribution in [0.2, 0.25) is 0 Å². The third-order valence-corrected chi connectivity index (χ3v) is 4.66. The molecule has 0 heterocycles. The van der Waals surface area contributed by atoms with Crippen LogP contribution in [-0.2, 0) is 16.1 Å². The van der Waals surface area contributed by atoms with E-state index in [0.717, 1.165) is 11.3 Å². The Kier molecular flexibility index (Phi) is 5.01. The Bertz CT molecular complexity index is 818. The van der Waals surface area contributed by atoms with Crippen molar-refractivity contribution in [2.24, 2.45) is 17.3 Å². The maximum Gasteiger partial charge on any atom is 0.311 e. The molecule has 128 valence electrons. The van der Waals surface area contributed by atoms with E-state index in [9.17, 15) is 4.79 Å². The molecular weight excluding hydrogens is 336 g/mol. The summed E-state index contributed by atoms with van der Waals surface area (Å²) in [7, 11) is 0. The van der Waals surface area contributed by atoms with E-state index >= 15 is 0 Å². The van der Waals surface area contributed by atoms with Gasteiger partial charge in [0.15, 0.2) is 0 Å². The molecule has 0 N–H and O–H groups in total. The Morgan fingerprint density at radius 2 is 1.84 bits per heavy atom. The van der Waals surface area contributed by atoms with Gasteiger partial charge in [0.25, 0.3) is 0 Å². The largest absolute Gasteiger partial charge is 0.461 e. The van der Waals surface area contributed by atoms with Gasteiger partial charge in [-0.3, -0.25) is 4.79 Å². The number of halogens is 1. The van der Waals surface area contributed by atoms with Gasteiger partial charge in [-0.2, -0.15) is 0 Å². The number of hydrogen-bond acceptors (Lipinski definition) is 3. The number of rotatable bonds is 5. The van der Waals surface area contributed by atoms with Gasteiger partial charge in [0, 0.05) is 11.3 Å². The van der Waals surface area contributed by atoms with E-state index in [4.69, 9.17) is 21.1 Å². The van der Waals surface area contributed by atoms with Gasteiger partial charge in [0.05, 0.1) is 5.92 Å². The first kappa shape index (κ1) is 17.4. The van der Waals surface area contributed by atoms with E-state index in [0.29, 0.717) is 5.75 Å². The van der Waals surface area contributed by atoms with Crippen LogP contribution < -0.4 is 4.74 Å². The van der Waals surface area contributed by atoms with E-state index in [-0.39, 0.29) is 29.8 Å². The molecule has 1 aliphatic carbocycles. The molecule has 25 heavy (non-hydrogen) atoms. The maximum atomic E-state index is 12.3. The lowest BCUT2D eigenvalue weighted by atomic mass is 10.1. The molecule has 2 aromatic carbocycles. The monoisotopic (exact) mass is 354 g/mol. The molecule has 4 heteroatoms. The summed E-state index contributed by atoms with van der Waals surface area (Å²) in [6.45, 7) is 4.21. The first-order chi connectivity index (χ1) is 12.0. The van der Waals surface area contributed by atoms with Crippen LogP contribution in [-0.4, -0.2) is 5.97 Å². The van der Waals surface area contributed by atoms with Crippen molar-refractivity contribution in [3.63, 3.8) is 0 Å². The zero-order valence-electron chi connectivity index (χ0n) is 14.2. The fraction of sp³-hybridized carbons (Fsp3) is 0.286. The van der Waals surface area contributed by atoms with Gasteiger partial charge in [-0.05, 0) is 46.8 Å². The molecule has 0 aromatic heterocycles. The van der Waals surface area contributed by atoms with Crippen LogP contribution in [0.25, 0.3) is 0 Å². The summed E-state index contributed by atoms with van der Waals surface area (Å²) < 4.78 is 11.3. The Labute approximate surface area is 152 Å². The van der Waals surface area contributed by atoms with Crippen LogP contribution in [0.15, 0.2) is 54.6 Å². The number of benzene rings is 2. The standard InChI is InChI=1S/C21H19ClO3/c1-21(2)18(11-12-22)19(21)20(23)24-14-15-7-6-10-17(13-15)25-16-8-4-3-5-9-16/h3-10,13,18-19H,14H2,1-2H3/t18-,19?/m1/s1. The molecule has 0 aliphatic heterocycles. The molecule has 1 aliphatic rings. The number of carbonyl (C=O) groups is 1. The average molecular weight is 355 g/mol. The van der Waals surface area contributed by atoms with Crippen LogP contribution in [0.3, 0.4) is 0 Å². The second kappa shape index (κ2) is 7.21. The van der Waals surface area contributed by atoms with Gasteiger partial charge >= 0.3 is 5.97 Å². The lowest BCUT2D eigenvalue weighted by Gasteiger charge is -2.09. The first-order valence-corrected chi connectivity index (χ1v) is 8.50. The molecule has 1 fully saturated rings. The third-order valence-electron chi connectivity index (χ3n) is 4.55. The molecule has 1 unspecified atom stereocenters. The highest BCUT2D eigenvalue weighted by Crippen LogP contribution is 2.58. The van der Waals surface area contributed by atoms with Crippen molar-refractivity contribution in [3.05, 3.63) is 60.2 Å². The summed E-state index contributed by atoms with van der Waals surface area (Å²) in [4.78, 5) is 12.3. The lowest BCUT2D eigenvalue weighted by molar-refractivity contribution is -0.147. The molecule has 2 aromatic rings. The summed E-state index contributed by atoms with van der Waals surface area (Å²) in [5.41, 5.74) is 0.692. The molecule has 3 nitrogen and oxygen atoms in total. The van der Waals surface area contributed by atoms with Gasteiger partial charge in [-0.25, -0.2) is 0 Å². The highest BCUT2D eigenvalue weighted by molar-refractivity contribution is 6.30. The zero-order valence-corrected chi connectivity index (χ0v) is 14.9. The normalized spacial score (nSPS) is 20.1. The van der Waals surface area contributed by atoms with Gasteiger partial charge < -0.3 is 9.47 Å². The fourth-order valence-corrected chi connectivity index (χ4v) is 3.09. The summed E-state index contributed by atoms with van der Waals surface area (Å²) >= 11 is 5.46. The van der Waals surface area contributed by atoms with E-state index in [1.165, 1.54) is 0 Å². The van der Waals surface area contributed by atoms with Gasteiger partial charge in [-0.1, -0.05) is 50.1 Å². The Morgan fingerprint density at radius 3 is 2.56 bits per heavy atom. The summed E-state index contributed by atoms with van der Waals surface area (Å²) in [5.74, 6) is 3.85. The Hall–Kier alpha value is -2.44. The predicted octanol–water partition coefficient (Wildman–Crippen LogP) is 4.99. The highest BCUT2D eigenvalue weighted by Gasteiger charge is 2.62. The average Bonchev–Trinajstić information content (AvgIpc) is 3.15. The first-order valence-electron chi connectivity index (χ1n) is 8.12. The molecular formula is C21H19ClO3. The van der Waals surface area contributed by atoms with Crippen molar-refractivity contribution in [1.82, 2.24) is 0 Å². The highest BCUT2D eigenvalue weighted by atomic mass is 35.5. The smallest absolute Gasteiger partial charge is 0.311 e. The Balaban J connectivity index is 1.59. The quantitative estimate of drug-likeness (QED) is 0.560. The second-order valence-corrected chi connectivity index (χ2v) is 6.87. The number of esters is 1. The summed E-state index contributed by atoms with van der Waals surface area (Å²) in [5, 5.41) is 2.37. The predicted molar refractivity (Wildman–Crippen MR) is 97.1 cm³/mol. The zero-order chi connectivity index (χ0) is 17.9. The molecule has 2 atom stereocenters. The minimum absolute atomic E-state index is 0.0368. The number of para-hydroxylation sites is 1. The van der Waals surface area contributed by atoms with Crippen LogP contribution in [0.1, 0.15) is 19.4 Å². The van der Waals surface area contributed by atoms with Crippen molar-refractivity contribution in [2.75, 3.05) is 0 Å². The van der Waals surface area contributed by atoms with Crippen LogP contribution in [0, 0.1) is 28.6 Å². The SMILES string of the molecule is CC1(C)C(C(=O)OCc2cccc(Oc3ccccc3)c2)[C@H]1C#CCl. The number of carbonyl (C=O) groups excluding carboxylic acids is 1. The van der Waals surface area contributed by atoms with Gasteiger partial charge in [0.1, 0.15) is 18.1 Å².